The first kappa shape index (κ1) is 80.6. The molecule has 4 aromatic carbocycles. The molecule has 1 N–H and O–H groups in total. The van der Waals surface area contributed by atoms with Crippen molar-refractivity contribution in [1.82, 2.24) is 14.7 Å². The van der Waals surface area contributed by atoms with Crippen molar-refractivity contribution in [2.45, 2.75) is 138 Å². The van der Waals surface area contributed by atoms with E-state index < -0.39 is 17.0 Å². The molecule has 22 heteroatoms. The number of amides is 4. The van der Waals surface area contributed by atoms with Gasteiger partial charge in [-0.25, -0.2) is 22.8 Å². The van der Waals surface area contributed by atoms with E-state index in [4.69, 9.17) is 31.1 Å². The number of para-hydroxylation sites is 3. The summed E-state index contributed by atoms with van der Waals surface area (Å²) in [5.41, 5.74) is 1.56. The van der Waals surface area contributed by atoms with Gasteiger partial charge in [0.25, 0.3) is 6.47 Å². The second-order valence-electron chi connectivity index (χ2n) is 22.8. The zero-order chi connectivity index (χ0) is 62.2. The number of piperidine rings is 3. The number of likely N-dealkylation sites (tertiary alicyclic amines) is 3. The van der Waals surface area contributed by atoms with E-state index in [9.17, 15) is 37.1 Å². The van der Waals surface area contributed by atoms with Gasteiger partial charge in [-0.1, -0.05) is 87.5 Å². The molecule has 3 fully saturated rings. The summed E-state index contributed by atoms with van der Waals surface area (Å²) in [5, 5.41) is 11.3. The van der Waals surface area contributed by atoms with Crippen molar-refractivity contribution in [3.8, 4) is 0 Å². The van der Waals surface area contributed by atoms with Gasteiger partial charge in [-0.3, -0.25) is 19.2 Å². The van der Waals surface area contributed by atoms with Crippen molar-refractivity contribution in [2.24, 2.45) is 17.8 Å². The van der Waals surface area contributed by atoms with E-state index in [1.165, 1.54) is 28.7 Å². The van der Waals surface area contributed by atoms with Crippen molar-refractivity contribution in [3.05, 3.63) is 126 Å². The summed E-state index contributed by atoms with van der Waals surface area (Å²) in [7, 11) is 0. The van der Waals surface area contributed by atoms with Crippen LogP contribution in [-0.2, 0) is 40.0 Å². The average molecular weight is 1270 g/mol. The normalized spacial score (nSPS) is 16.4. The van der Waals surface area contributed by atoms with Gasteiger partial charge in [-0.05, 0) is 164 Å². The van der Waals surface area contributed by atoms with Crippen molar-refractivity contribution in [3.63, 3.8) is 0 Å². The van der Waals surface area contributed by atoms with Crippen LogP contribution in [0.15, 0.2) is 103 Å². The van der Waals surface area contributed by atoms with Crippen LogP contribution >= 0.6 is 11.6 Å². The van der Waals surface area contributed by atoms with Crippen molar-refractivity contribution in [1.29, 1.82) is 0 Å². The molecule has 3 aliphatic rings. The van der Waals surface area contributed by atoms with Crippen LogP contribution in [0.4, 0.5) is 39.8 Å². The minimum Gasteiger partial charge on any atom is -1.00 e. The Bertz CT molecular complexity index is 2650. The van der Waals surface area contributed by atoms with E-state index in [0.29, 0.717) is 87.4 Å². The van der Waals surface area contributed by atoms with Gasteiger partial charge >= 0.3 is 115 Å². The summed E-state index contributed by atoms with van der Waals surface area (Å²) in [6, 6.07) is 30.1. The first-order valence-electron chi connectivity index (χ1n) is 29.1. The van der Waals surface area contributed by atoms with Crippen molar-refractivity contribution >= 4 is 64.4 Å². The number of hydrogen-bond acceptors (Lipinski definition) is 12. The third-order valence-corrected chi connectivity index (χ3v) is 13.9. The van der Waals surface area contributed by atoms with E-state index >= 15 is 0 Å². The quantitative estimate of drug-likeness (QED) is 0.0433. The molecule has 0 spiro atoms. The van der Waals surface area contributed by atoms with Gasteiger partial charge in [0.2, 0.25) is 17.1 Å². The van der Waals surface area contributed by atoms with Crippen LogP contribution in [0.2, 0.25) is 0 Å². The molecule has 4 amide bonds. The van der Waals surface area contributed by atoms with Gasteiger partial charge in [-0.15, -0.1) is 0 Å². The van der Waals surface area contributed by atoms with Crippen LogP contribution in [0.5, 0.6) is 0 Å². The SMILES string of the molecule is CC(C)(C)OC(=O)N1CCCC(CNc2ccccc2F)C1.CCC(=O)Cl.CCC(=O)N(CC1CCCN(C(=O)OC(C)(C)C)C1)c1ccccc1F.CCC(=O)N(CC1CCCN(CCc2ccccc2)C1)c1ccccc1F.O=CO[O-].[H-].[K+].[K+]. The first-order valence-corrected chi connectivity index (χ1v) is 29.5. The second-order valence-corrected chi connectivity index (χ2v) is 23.2. The number of carbonyl (C=O) groups excluding carboxylic acids is 6. The smallest absolute Gasteiger partial charge is 1.00 e. The summed E-state index contributed by atoms with van der Waals surface area (Å²) >= 11 is 4.82. The molecule has 466 valence electrons. The summed E-state index contributed by atoms with van der Waals surface area (Å²) in [4.78, 5) is 79.2. The maximum atomic E-state index is 14.3. The molecule has 0 saturated carbocycles. The van der Waals surface area contributed by atoms with Gasteiger partial charge < -0.3 is 50.9 Å². The molecule has 3 aliphatic heterocycles. The fourth-order valence-corrected chi connectivity index (χ4v) is 9.63. The molecule has 0 aromatic heterocycles. The van der Waals surface area contributed by atoms with Gasteiger partial charge in [0.1, 0.15) is 28.7 Å². The van der Waals surface area contributed by atoms with Crippen LogP contribution < -0.4 is 123 Å². The van der Waals surface area contributed by atoms with Crippen molar-refractivity contribution < 1.29 is 166 Å². The molecule has 3 heterocycles. The number of ether oxygens (including phenoxy) is 2. The van der Waals surface area contributed by atoms with Gasteiger partial charge in [-0.2, -0.15) is 0 Å². The van der Waals surface area contributed by atoms with Gasteiger partial charge in [0.15, 0.2) is 0 Å². The van der Waals surface area contributed by atoms with Crippen LogP contribution in [0.25, 0.3) is 0 Å². The topological polar surface area (TPSA) is 181 Å². The molecule has 86 heavy (non-hydrogen) atoms. The fraction of sp³-hybridized carbons (Fsp3) is 0.531. The standard InChI is InChI=1S/C23H29FN2O.C20H29FN2O3.C17H25FN2O2.C3H5ClO.CH2O3.2K.H/c1-2-23(27)26(22-13-7-6-12-21(22)24)18-20-11-8-15-25(17-20)16-14-19-9-4-3-5-10-19;1-5-18(24)23(17-11-7-6-10-16(17)21)14-15-9-8-12-22(13-15)19(25)26-20(2,3)4;1-17(2,3)22-16(21)20-10-6-7-13(12-20)11-19-15-9-5-4-8-14(15)18;1-2-3(4)5;2-1-4-3;;;/h3-7,9-10,12-13,20H,2,8,11,14-18H2,1H3;6-7,10-11,15H,5,8-9,12-14H2,1-4H3;4-5,8-9,13,19H,6-7,10-12H2,1-3H3;2H2,1H3;1,3H;;;/q;;;;;2*+1;-1/p-1. The Labute approximate surface area is 600 Å². The number of rotatable bonds is 16. The first-order chi connectivity index (χ1) is 39.9. The minimum absolute atomic E-state index is 0. The van der Waals surface area contributed by atoms with Crippen LogP contribution in [0.3, 0.4) is 0 Å². The Hall–Kier alpha value is -3.43. The summed E-state index contributed by atoms with van der Waals surface area (Å²) < 4.78 is 52.9. The molecule has 0 radical (unpaired) electrons. The van der Waals surface area contributed by atoms with Gasteiger partial charge in [0.05, 0.1) is 17.1 Å². The predicted molar refractivity (Wildman–Crippen MR) is 323 cm³/mol. The fourth-order valence-electron chi connectivity index (χ4n) is 9.63. The molecular weight excluding hydrogens is 1180 g/mol. The number of nitrogens with zero attached hydrogens (tertiary/aromatic N) is 5. The van der Waals surface area contributed by atoms with E-state index in [1.807, 2.05) is 54.5 Å². The maximum absolute atomic E-state index is 14.3. The summed E-state index contributed by atoms with van der Waals surface area (Å²) in [6.07, 6.45) is 7.49. The third kappa shape index (κ3) is 31.8. The molecule has 4 aromatic rings. The molecule has 0 aliphatic carbocycles. The predicted octanol–water partition coefficient (Wildman–Crippen LogP) is 6.34. The third-order valence-electron chi connectivity index (χ3n) is 13.7. The molecule has 7 rings (SSSR count). The Morgan fingerprint density at radius 1 is 0.616 bits per heavy atom. The van der Waals surface area contributed by atoms with Crippen LogP contribution in [0, 0.1) is 35.2 Å². The largest absolute Gasteiger partial charge is 1.00 e. The summed E-state index contributed by atoms with van der Waals surface area (Å²) in [5.74, 6) is -0.338. The number of nitrogens with one attached hydrogen (secondary N) is 1. The molecule has 0 bridgehead atoms. The Morgan fingerprint density at radius 3 is 1.43 bits per heavy atom. The number of benzene rings is 4. The molecule has 3 unspecified atom stereocenters. The Morgan fingerprint density at radius 2 is 1.01 bits per heavy atom. The van der Waals surface area contributed by atoms with E-state index in [-0.39, 0.29) is 157 Å². The second kappa shape index (κ2) is 43.3. The summed E-state index contributed by atoms with van der Waals surface area (Å²) in [6.45, 7) is 23.5. The van der Waals surface area contributed by atoms with Crippen molar-refractivity contribution in [2.75, 3.05) is 80.6 Å². The zero-order valence-electron chi connectivity index (χ0n) is 53.6. The van der Waals surface area contributed by atoms with E-state index in [2.05, 4.69) is 39.4 Å². The zero-order valence-corrected chi connectivity index (χ0v) is 59.6. The minimum atomic E-state index is -0.540. The number of hydrogen-bond donors (Lipinski definition) is 1. The Kier molecular flexibility index (Phi) is 40.6. The number of carbonyl (C=O) groups is 6. The van der Waals surface area contributed by atoms with E-state index in [0.717, 1.165) is 71.1 Å². The molecule has 3 atom stereocenters. The monoisotopic (exact) mass is 1270 g/mol. The Balaban J connectivity index is 0.00000117. The number of anilines is 3. The van der Waals surface area contributed by atoms with E-state index in [1.54, 1.807) is 83.1 Å². The molecule has 3 saturated heterocycles. The molecule has 16 nitrogen and oxygen atoms in total. The molecular formula is C64H90ClF3K2N6O10. The van der Waals surface area contributed by atoms with Crippen LogP contribution in [-0.4, -0.2) is 127 Å². The number of halogens is 4. The maximum Gasteiger partial charge on any atom is 1.00 e. The van der Waals surface area contributed by atoms with Crippen LogP contribution in [0.1, 0.15) is 127 Å². The average Bonchev–Trinajstić information content (AvgIpc) is 3.68. The van der Waals surface area contributed by atoms with Gasteiger partial charge in [0, 0.05) is 78.2 Å².